The molecule has 43 heavy (non-hydrogen) atoms. The molecule has 0 bridgehead atoms. The minimum absolute atomic E-state index is 0.123. The highest BCUT2D eigenvalue weighted by Crippen LogP contribution is 2.24. The van der Waals surface area contributed by atoms with Crippen molar-refractivity contribution in [1.29, 1.82) is 0 Å². The number of carbonyl (C=O) groups is 5. The van der Waals surface area contributed by atoms with E-state index in [2.05, 4.69) is 16.0 Å². The molecular weight excluding hydrogens is 583 g/mol. The summed E-state index contributed by atoms with van der Waals surface area (Å²) < 4.78 is 71.6. The predicted octanol–water partition coefficient (Wildman–Crippen LogP) is 2.69. The van der Waals surface area contributed by atoms with Crippen molar-refractivity contribution in [1.82, 2.24) is 21.3 Å². The summed E-state index contributed by atoms with van der Waals surface area (Å²) in [7, 11) is 1.38. The lowest BCUT2D eigenvalue weighted by Gasteiger charge is -2.28. The van der Waals surface area contributed by atoms with Crippen LogP contribution in [0.2, 0.25) is 0 Å². The number of Topliss-reactive ketones (excluding diaryl/α,β-unsaturated/α-hetero) is 1. The van der Waals surface area contributed by atoms with Crippen molar-refractivity contribution in [3.63, 3.8) is 0 Å². The first-order chi connectivity index (χ1) is 20.0. The smallest absolute Gasteiger partial charge is 0.405 e. The summed E-state index contributed by atoms with van der Waals surface area (Å²) in [6.07, 6.45) is -5.01. The van der Waals surface area contributed by atoms with E-state index in [9.17, 15) is 45.9 Å². The van der Waals surface area contributed by atoms with Gasteiger partial charge in [-0.3, -0.25) is 24.0 Å². The van der Waals surface area contributed by atoms with Crippen LogP contribution in [0.1, 0.15) is 42.7 Å². The van der Waals surface area contributed by atoms with Gasteiger partial charge in [0.25, 0.3) is 11.8 Å². The van der Waals surface area contributed by atoms with Gasteiger partial charge in [0.05, 0.1) is 13.2 Å². The van der Waals surface area contributed by atoms with Crippen molar-refractivity contribution in [3.05, 3.63) is 65.7 Å². The Balaban J connectivity index is 2.30. The van der Waals surface area contributed by atoms with E-state index in [1.54, 1.807) is 18.2 Å². The van der Waals surface area contributed by atoms with Crippen LogP contribution in [-0.4, -0.2) is 67.2 Å². The summed E-state index contributed by atoms with van der Waals surface area (Å²) in [5, 5.41) is 7.91. The zero-order valence-corrected chi connectivity index (χ0v) is 23.6. The first-order valence-electron chi connectivity index (χ1n) is 12.9. The fraction of sp³-hybridized carbons (Fsp3) is 0.393. The maximum atomic E-state index is 14.6. The first kappa shape index (κ1) is 34.6. The van der Waals surface area contributed by atoms with E-state index < -0.39 is 72.1 Å². The highest BCUT2D eigenvalue weighted by Gasteiger charge is 2.52. The molecule has 234 valence electrons. The van der Waals surface area contributed by atoms with Crippen molar-refractivity contribution in [2.24, 2.45) is 5.92 Å². The predicted molar refractivity (Wildman–Crippen MR) is 143 cm³/mol. The lowest BCUT2D eigenvalue weighted by Crippen LogP contribution is -2.58. The summed E-state index contributed by atoms with van der Waals surface area (Å²) in [6, 6.07) is 8.72. The summed E-state index contributed by atoms with van der Waals surface area (Å²) in [6.45, 7) is 1.75. The van der Waals surface area contributed by atoms with Crippen LogP contribution in [0.5, 0.6) is 5.75 Å². The number of hydrogen-bond donors (Lipinski definition) is 4. The van der Waals surface area contributed by atoms with Crippen LogP contribution < -0.4 is 26.0 Å². The Hall–Kier alpha value is -4.56. The molecule has 0 heterocycles. The molecule has 2 aromatic rings. The largest absolute Gasteiger partial charge is 0.497 e. The van der Waals surface area contributed by atoms with Gasteiger partial charge in [-0.25, -0.2) is 0 Å². The molecule has 0 radical (unpaired) electrons. The van der Waals surface area contributed by atoms with E-state index in [0.717, 1.165) is 5.32 Å². The van der Waals surface area contributed by atoms with Crippen molar-refractivity contribution < 1.29 is 50.7 Å². The Kier molecular flexibility index (Phi) is 11.7. The van der Waals surface area contributed by atoms with Gasteiger partial charge in [-0.15, -0.1) is 0 Å². The van der Waals surface area contributed by atoms with Gasteiger partial charge in [0, 0.05) is 5.56 Å². The van der Waals surface area contributed by atoms with Crippen molar-refractivity contribution in [3.8, 4) is 5.75 Å². The normalized spacial score (nSPS) is 13.7. The molecule has 2 aromatic carbocycles. The summed E-state index contributed by atoms with van der Waals surface area (Å²) in [5.74, 6) is -12.9. The fourth-order valence-corrected chi connectivity index (χ4v) is 3.67. The van der Waals surface area contributed by atoms with Gasteiger partial charge >= 0.3 is 12.1 Å². The maximum Gasteiger partial charge on any atom is 0.405 e. The number of ketones is 1. The number of nitrogens with one attached hydrogen (secondary N) is 4. The molecule has 2 unspecified atom stereocenters. The number of amides is 4. The number of alkyl halides is 5. The van der Waals surface area contributed by atoms with E-state index in [4.69, 9.17) is 4.74 Å². The van der Waals surface area contributed by atoms with E-state index in [1.807, 2.05) is 0 Å². The maximum absolute atomic E-state index is 14.6. The van der Waals surface area contributed by atoms with Crippen LogP contribution in [0.25, 0.3) is 0 Å². The van der Waals surface area contributed by atoms with Crippen LogP contribution in [0, 0.1) is 5.92 Å². The summed E-state index contributed by atoms with van der Waals surface area (Å²) >= 11 is 0. The Labute approximate surface area is 243 Å². The number of benzene rings is 2. The minimum Gasteiger partial charge on any atom is -0.497 e. The van der Waals surface area contributed by atoms with Gasteiger partial charge in [0.2, 0.25) is 17.6 Å². The van der Waals surface area contributed by atoms with Crippen molar-refractivity contribution >= 4 is 29.4 Å². The number of carbonyl (C=O) groups excluding carboxylic acids is 5. The van der Waals surface area contributed by atoms with Gasteiger partial charge in [0.15, 0.2) is 0 Å². The van der Waals surface area contributed by atoms with Gasteiger partial charge in [-0.2, -0.15) is 22.0 Å². The van der Waals surface area contributed by atoms with E-state index in [0.29, 0.717) is 5.75 Å². The third-order valence-corrected chi connectivity index (χ3v) is 6.07. The van der Waals surface area contributed by atoms with E-state index in [1.165, 1.54) is 64.3 Å². The molecule has 0 spiro atoms. The Morgan fingerprint density at radius 1 is 0.791 bits per heavy atom. The monoisotopic (exact) mass is 614 g/mol. The number of hydrogen-bond acceptors (Lipinski definition) is 6. The molecule has 0 aliphatic rings. The summed E-state index contributed by atoms with van der Waals surface area (Å²) in [5.41, 5.74) is 0.378. The molecule has 0 saturated heterocycles. The molecule has 0 aliphatic heterocycles. The van der Waals surface area contributed by atoms with Crippen LogP contribution in [-0.2, 0) is 19.2 Å². The SMILES string of the molecule is COc1ccc(C(NC(=O)C(C)NC(=O)c2ccccc2)C(=O)N[C@H](C(=O)C(F)(F)C(=O)NCC(F)(F)F)C(C)C)cc1. The highest BCUT2D eigenvalue weighted by molar-refractivity contribution is 6.10. The number of ether oxygens (including phenoxy) is 1. The molecule has 0 aliphatic carbocycles. The topological polar surface area (TPSA) is 143 Å². The van der Waals surface area contributed by atoms with Gasteiger partial charge < -0.3 is 26.0 Å². The fourth-order valence-electron chi connectivity index (χ4n) is 3.67. The molecule has 0 aromatic heterocycles. The molecule has 4 amide bonds. The van der Waals surface area contributed by atoms with Crippen molar-refractivity contribution in [2.45, 2.75) is 51.0 Å². The molecule has 0 saturated carbocycles. The first-order valence-corrected chi connectivity index (χ1v) is 12.9. The summed E-state index contributed by atoms with van der Waals surface area (Å²) in [4.78, 5) is 63.3. The van der Waals surface area contributed by atoms with Gasteiger partial charge in [-0.05, 0) is 42.7 Å². The molecule has 2 rings (SSSR count). The average Bonchev–Trinajstić information content (AvgIpc) is 2.96. The van der Waals surface area contributed by atoms with Crippen molar-refractivity contribution in [2.75, 3.05) is 13.7 Å². The molecule has 3 atom stereocenters. The molecule has 15 heteroatoms. The lowest BCUT2D eigenvalue weighted by atomic mass is 9.94. The van der Waals surface area contributed by atoms with Gasteiger partial charge in [-0.1, -0.05) is 44.2 Å². The third kappa shape index (κ3) is 9.75. The molecular formula is C28H31F5N4O6. The molecule has 10 nitrogen and oxygen atoms in total. The van der Waals surface area contributed by atoms with Gasteiger partial charge in [0.1, 0.15) is 24.4 Å². The zero-order chi connectivity index (χ0) is 32.5. The number of halogens is 5. The van der Waals surface area contributed by atoms with E-state index in [-0.39, 0.29) is 11.1 Å². The number of methoxy groups -OCH3 is 1. The second-order valence-corrected chi connectivity index (χ2v) is 9.74. The average molecular weight is 615 g/mol. The molecule has 0 fully saturated rings. The minimum atomic E-state index is -5.01. The molecule has 4 N–H and O–H groups in total. The van der Waals surface area contributed by atoms with Crippen LogP contribution >= 0.6 is 0 Å². The van der Waals surface area contributed by atoms with Crippen LogP contribution in [0.15, 0.2) is 54.6 Å². The Bertz CT molecular complexity index is 1300. The Morgan fingerprint density at radius 2 is 1.37 bits per heavy atom. The quantitative estimate of drug-likeness (QED) is 0.202. The second kappa shape index (κ2) is 14.6. The highest BCUT2D eigenvalue weighted by atomic mass is 19.4. The zero-order valence-electron chi connectivity index (χ0n) is 23.6. The number of rotatable bonds is 13. The standard InChI is InChI=1S/C28H31F5N4O6/c1-15(2)20(22(38)28(32,33)26(42)34-14-27(29,30)31)36-25(41)21(17-10-12-19(43-4)13-11-17)37-23(39)16(3)35-24(40)18-8-6-5-7-9-18/h5-13,15-16,20-21H,14H2,1-4H3,(H,34,42)(H,35,40)(H,36,41)(H,37,39)/t16?,20-,21?/m0/s1. The lowest BCUT2D eigenvalue weighted by molar-refractivity contribution is -0.165. The van der Waals surface area contributed by atoms with Crippen LogP contribution in [0.3, 0.4) is 0 Å². The third-order valence-electron chi connectivity index (χ3n) is 6.07. The second-order valence-electron chi connectivity index (χ2n) is 9.74. The van der Waals surface area contributed by atoms with E-state index >= 15 is 0 Å². The Morgan fingerprint density at radius 3 is 1.88 bits per heavy atom. The van der Waals surface area contributed by atoms with Crippen LogP contribution in [0.4, 0.5) is 22.0 Å².